The molecule has 1 aromatic carbocycles. The highest BCUT2D eigenvalue weighted by Gasteiger charge is 2.20. The number of piperazine rings is 1. The predicted molar refractivity (Wildman–Crippen MR) is 84.8 cm³/mol. The molecule has 0 aliphatic carbocycles. The number of carboxylic acid groups (broad SMARTS) is 1. The van der Waals surface area contributed by atoms with Gasteiger partial charge in [0.1, 0.15) is 11.6 Å². The molecule has 1 fully saturated rings. The third-order valence-electron chi connectivity index (χ3n) is 3.71. The summed E-state index contributed by atoms with van der Waals surface area (Å²) in [6, 6.07) is 4.37. The van der Waals surface area contributed by atoms with Gasteiger partial charge >= 0.3 is 5.97 Å². The number of aromatic nitrogens is 2. The highest BCUT2D eigenvalue weighted by atomic mass is 35.5. The molecule has 0 unspecified atom stereocenters. The Morgan fingerprint density at radius 1 is 1.13 bits per heavy atom. The van der Waals surface area contributed by atoms with Crippen LogP contribution in [0.15, 0.2) is 30.6 Å². The van der Waals surface area contributed by atoms with E-state index in [4.69, 9.17) is 16.7 Å². The summed E-state index contributed by atoms with van der Waals surface area (Å²) in [6.07, 6.45) is 2.71. The van der Waals surface area contributed by atoms with E-state index < -0.39 is 5.97 Å². The maximum absolute atomic E-state index is 13.1. The van der Waals surface area contributed by atoms with Gasteiger partial charge in [-0.1, -0.05) is 11.6 Å². The van der Waals surface area contributed by atoms with Crippen LogP contribution < -0.4 is 9.80 Å². The number of hydrogen-bond acceptors (Lipinski definition) is 5. The first-order valence-electron chi connectivity index (χ1n) is 7.05. The highest BCUT2D eigenvalue weighted by molar-refractivity contribution is 6.33. The van der Waals surface area contributed by atoms with Crippen molar-refractivity contribution in [3.8, 4) is 0 Å². The van der Waals surface area contributed by atoms with Crippen LogP contribution in [0.2, 0.25) is 5.02 Å². The number of benzene rings is 1. The largest absolute Gasteiger partial charge is 0.476 e. The van der Waals surface area contributed by atoms with E-state index in [2.05, 4.69) is 14.9 Å². The SMILES string of the molecule is O=C(O)c1cnc(N2CCN(c3ccc(F)cc3Cl)CC2)cn1. The molecule has 1 aliphatic heterocycles. The monoisotopic (exact) mass is 336 g/mol. The van der Waals surface area contributed by atoms with Gasteiger partial charge in [0, 0.05) is 26.2 Å². The summed E-state index contributed by atoms with van der Waals surface area (Å²) in [5, 5.41) is 9.22. The van der Waals surface area contributed by atoms with E-state index in [1.165, 1.54) is 24.5 Å². The minimum atomic E-state index is -1.10. The quantitative estimate of drug-likeness (QED) is 0.927. The molecule has 1 aromatic heterocycles. The summed E-state index contributed by atoms with van der Waals surface area (Å²) in [7, 11) is 0. The first kappa shape index (κ1) is 15.5. The van der Waals surface area contributed by atoms with Crippen molar-refractivity contribution in [1.82, 2.24) is 9.97 Å². The van der Waals surface area contributed by atoms with Crippen LogP contribution in [-0.2, 0) is 0 Å². The maximum Gasteiger partial charge on any atom is 0.356 e. The number of nitrogens with zero attached hydrogens (tertiary/aromatic N) is 4. The van der Waals surface area contributed by atoms with Crippen molar-refractivity contribution in [2.45, 2.75) is 0 Å². The van der Waals surface area contributed by atoms with Crippen molar-refractivity contribution in [1.29, 1.82) is 0 Å². The molecule has 120 valence electrons. The van der Waals surface area contributed by atoms with E-state index in [0.717, 1.165) is 5.69 Å². The zero-order valence-corrected chi connectivity index (χ0v) is 12.9. The number of aromatic carboxylic acids is 1. The Balaban J connectivity index is 1.67. The second-order valence-electron chi connectivity index (χ2n) is 5.13. The molecule has 0 radical (unpaired) electrons. The van der Waals surface area contributed by atoms with Crippen LogP contribution in [0, 0.1) is 5.82 Å². The fourth-order valence-corrected chi connectivity index (χ4v) is 2.80. The Bertz CT molecular complexity index is 718. The zero-order valence-electron chi connectivity index (χ0n) is 12.1. The van der Waals surface area contributed by atoms with E-state index in [1.807, 2.05) is 4.90 Å². The molecule has 1 saturated heterocycles. The maximum atomic E-state index is 13.1. The van der Waals surface area contributed by atoms with E-state index in [9.17, 15) is 9.18 Å². The van der Waals surface area contributed by atoms with Gasteiger partial charge in [0.25, 0.3) is 0 Å². The molecular weight excluding hydrogens is 323 g/mol. The fourth-order valence-electron chi connectivity index (χ4n) is 2.51. The lowest BCUT2D eigenvalue weighted by Crippen LogP contribution is -2.47. The Labute approximate surface area is 137 Å². The van der Waals surface area contributed by atoms with Gasteiger partial charge in [0.15, 0.2) is 5.69 Å². The average molecular weight is 337 g/mol. The second kappa shape index (κ2) is 6.37. The minimum Gasteiger partial charge on any atom is -0.476 e. The Kier molecular flexibility index (Phi) is 4.29. The van der Waals surface area contributed by atoms with Crippen molar-refractivity contribution in [3.63, 3.8) is 0 Å². The molecule has 2 aromatic rings. The second-order valence-corrected chi connectivity index (χ2v) is 5.54. The average Bonchev–Trinajstić information content (AvgIpc) is 2.55. The van der Waals surface area contributed by atoms with Crippen LogP contribution in [0.4, 0.5) is 15.9 Å². The molecule has 23 heavy (non-hydrogen) atoms. The van der Waals surface area contributed by atoms with Crippen LogP contribution in [0.25, 0.3) is 0 Å². The highest BCUT2D eigenvalue weighted by Crippen LogP contribution is 2.27. The molecule has 0 spiro atoms. The van der Waals surface area contributed by atoms with Crippen LogP contribution in [0.1, 0.15) is 10.5 Å². The van der Waals surface area contributed by atoms with Gasteiger partial charge in [-0.05, 0) is 18.2 Å². The van der Waals surface area contributed by atoms with Crippen LogP contribution in [-0.4, -0.2) is 47.2 Å². The standard InChI is InChI=1S/C15H14ClFN4O2/c16-11-7-10(17)1-2-13(11)20-3-5-21(6-4-20)14-9-18-12(8-19-14)15(22)23/h1-2,7-9H,3-6H2,(H,22,23). The third-order valence-corrected chi connectivity index (χ3v) is 4.01. The smallest absolute Gasteiger partial charge is 0.356 e. The number of halogens is 2. The first-order chi connectivity index (χ1) is 11.0. The number of carboxylic acids is 1. The summed E-state index contributed by atoms with van der Waals surface area (Å²) in [5.74, 6) is -0.814. The van der Waals surface area contributed by atoms with Gasteiger partial charge in [0.2, 0.25) is 0 Å². The Hall–Kier alpha value is -2.41. The molecule has 1 aliphatic rings. The summed E-state index contributed by atoms with van der Waals surface area (Å²) in [6.45, 7) is 2.78. The number of carbonyl (C=O) groups is 1. The van der Waals surface area contributed by atoms with Gasteiger partial charge in [0.05, 0.1) is 23.1 Å². The molecule has 2 heterocycles. The minimum absolute atomic E-state index is 0.0783. The fraction of sp³-hybridized carbons (Fsp3) is 0.267. The van der Waals surface area contributed by atoms with Crippen molar-refractivity contribution >= 4 is 29.1 Å². The molecule has 0 amide bonds. The summed E-state index contributed by atoms with van der Waals surface area (Å²) in [5.41, 5.74) is 0.727. The topological polar surface area (TPSA) is 69.6 Å². The molecule has 3 rings (SSSR count). The van der Waals surface area contributed by atoms with E-state index in [-0.39, 0.29) is 11.5 Å². The van der Waals surface area contributed by atoms with E-state index in [0.29, 0.717) is 37.0 Å². The lowest BCUT2D eigenvalue weighted by Gasteiger charge is -2.36. The number of hydrogen-bond donors (Lipinski definition) is 1. The van der Waals surface area contributed by atoms with Crippen molar-refractivity contribution < 1.29 is 14.3 Å². The van der Waals surface area contributed by atoms with Crippen molar-refractivity contribution in [2.24, 2.45) is 0 Å². The van der Waals surface area contributed by atoms with Gasteiger partial charge in [-0.2, -0.15) is 0 Å². The lowest BCUT2D eigenvalue weighted by molar-refractivity contribution is 0.0690. The van der Waals surface area contributed by atoms with Gasteiger partial charge in [-0.15, -0.1) is 0 Å². The molecule has 6 nitrogen and oxygen atoms in total. The van der Waals surface area contributed by atoms with Crippen molar-refractivity contribution in [2.75, 3.05) is 36.0 Å². The van der Waals surface area contributed by atoms with Crippen molar-refractivity contribution in [3.05, 3.63) is 47.1 Å². The first-order valence-corrected chi connectivity index (χ1v) is 7.42. The summed E-state index contributed by atoms with van der Waals surface area (Å²) >= 11 is 6.09. The predicted octanol–water partition coefficient (Wildman–Crippen LogP) is 2.29. The molecule has 0 saturated carbocycles. The Morgan fingerprint density at radius 3 is 2.39 bits per heavy atom. The molecule has 0 atom stereocenters. The summed E-state index contributed by atoms with van der Waals surface area (Å²) < 4.78 is 13.1. The van der Waals surface area contributed by atoms with Crippen LogP contribution in [0.3, 0.4) is 0 Å². The van der Waals surface area contributed by atoms with Crippen LogP contribution in [0.5, 0.6) is 0 Å². The van der Waals surface area contributed by atoms with E-state index >= 15 is 0 Å². The molecule has 8 heteroatoms. The number of rotatable bonds is 3. The zero-order chi connectivity index (χ0) is 16.4. The van der Waals surface area contributed by atoms with Crippen LogP contribution >= 0.6 is 11.6 Å². The summed E-state index contributed by atoms with van der Waals surface area (Å²) in [4.78, 5) is 22.9. The van der Waals surface area contributed by atoms with Gasteiger partial charge < -0.3 is 14.9 Å². The molecule has 1 N–H and O–H groups in total. The molecular formula is C15H14ClFN4O2. The Morgan fingerprint density at radius 2 is 1.83 bits per heavy atom. The third kappa shape index (κ3) is 3.34. The van der Waals surface area contributed by atoms with Gasteiger partial charge in [-0.25, -0.2) is 19.2 Å². The normalized spacial score (nSPS) is 14.9. The number of anilines is 2. The van der Waals surface area contributed by atoms with E-state index in [1.54, 1.807) is 6.07 Å². The van der Waals surface area contributed by atoms with Gasteiger partial charge in [-0.3, -0.25) is 0 Å². The lowest BCUT2D eigenvalue weighted by atomic mass is 10.2. The molecule has 0 bridgehead atoms.